The Morgan fingerprint density at radius 1 is 1.14 bits per heavy atom. The van der Waals surface area contributed by atoms with Crippen molar-refractivity contribution in [2.75, 3.05) is 16.8 Å². The molecule has 4 heteroatoms. The van der Waals surface area contributed by atoms with E-state index in [1.54, 1.807) is 6.07 Å². The Morgan fingerprint density at radius 2 is 1.90 bits per heavy atom. The summed E-state index contributed by atoms with van der Waals surface area (Å²) in [5.41, 5.74) is 4.16. The summed E-state index contributed by atoms with van der Waals surface area (Å²) in [6.45, 7) is 2.64. The van der Waals surface area contributed by atoms with Crippen LogP contribution in [0.2, 0.25) is 0 Å². The van der Waals surface area contributed by atoms with Gasteiger partial charge in [0.25, 0.3) is 0 Å². The minimum absolute atomic E-state index is 0.0602. The largest absolute Gasteiger partial charge is 0.339 e. The minimum atomic E-state index is -0.0602. The van der Waals surface area contributed by atoms with Crippen LogP contribution in [-0.4, -0.2) is 12.5 Å². The normalized spacial score (nSPS) is 13.9. The van der Waals surface area contributed by atoms with Crippen molar-refractivity contribution in [1.82, 2.24) is 0 Å². The number of hydrogen-bond donors (Lipinski definition) is 1. The van der Waals surface area contributed by atoms with Crippen molar-refractivity contribution in [3.8, 4) is 6.07 Å². The smallest absolute Gasteiger partial charge is 0.226 e. The van der Waals surface area contributed by atoms with Gasteiger partial charge in [0.05, 0.1) is 16.9 Å². The first-order valence-corrected chi connectivity index (χ1v) is 6.87. The van der Waals surface area contributed by atoms with Crippen LogP contribution in [-0.2, 0) is 4.79 Å². The SMILES string of the molecule is Cc1ccccc1N1CCC(=O)Nc2c(C#N)cccc21. The molecule has 1 aliphatic heterocycles. The van der Waals surface area contributed by atoms with Gasteiger partial charge in [-0.25, -0.2) is 0 Å². The minimum Gasteiger partial charge on any atom is -0.339 e. The number of amides is 1. The van der Waals surface area contributed by atoms with Crippen LogP contribution in [0.1, 0.15) is 17.5 Å². The van der Waals surface area contributed by atoms with Crippen LogP contribution in [0.25, 0.3) is 0 Å². The highest BCUT2D eigenvalue weighted by molar-refractivity contribution is 5.99. The number of nitriles is 1. The van der Waals surface area contributed by atoms with Gasteiger partial charge in [-0.3, -0.25) is 4.79 Å². The lowest BCUT2D eigenvalue weighted by Gasteiger charge is -2.26. The number of carbonyl (C=O) groups excluding carboxylic acids is 1. The van der Waals surface area contributed by atoms with Gasteiger partial charge in [0.1, 0.15) is 6.07 Å². The summed E-state index contributed by atoms with van der Waals surface area (Å²) in [4.78, 5) is 14.0. The Balaban J connectivity index is 2.19. The molecule has 1 aliphatic rings. The highest BCUT2D eigenvalue weighted by atomic mass is 16.1. The fourth-order valence-corrected chi connectivity index (χ4v) is 2.64. The zero-order valence-corrected chi connectivity index (χ0v) is 11.8. The van der Waals surface area contributed by atoms with Crippen molar-refractivity contribution < 1.29 is 4.79 Å². The van der Waals surface area contributed by atoms with Gasteiger partial charge in [-0.2, -0.15) is 5.26 Å². The van der Waals surface area contributed by atoms with Gasteiger partial charge in [-0.05, 0) is 30.7 Å². The summed E-state index contributed by atoms with van der Waals surface area (Å²) in [6, 6.07) is 15.7. The van der Waals surface area contributed by atoms with Gasteiger partial charge >= 0.3 is 0 Å². The lowest BCUT2D eigenvalue weighted by atomic mass is 10.1. The Morgan fingerprint density at radius 3 is 2.67 bits per heavy atom. The number of rotatable bonds is 1. The van der Waals surface area contributed by atoms with E-state index in [0.29, 0.717) is 24.2 Å². The first kappa shape index (κ1) is 13.2. The van der Waals surface area contributed by atoms with Gasteiger partial charge in [0.15, 0.2) is 0 Å². The average Bonchev–Trinajstić information content (AvgIpc) is 2.66. The average molecular weight is 277 g/mol. The second kappa shape index (κ2) is 5.29. The highest BCUT2D eigenvalue weighted by Crippen LogP contribution is 2.37. The Bertz CT molecular complexity index is 746. The van der Waals surface area contributed by atoms with Crippen LogP contribution in [0.5, 0.6) is 0 Å². The van der Waals surface area contributed by atoms with Crippen LogP contribution < -0.4 is 10.2 Å². The molecule has 1 N–H and O–H groups in total. The molecule has 0 atom stereocenters. The number of nitrogens with one attached hydrogen (secondary N) is 1. The molecule has 1 heterocycles. The lowest BCUT2D eigenvalue weighted by molar-refractivity contribution is -0.115. The zero-order chi connectivity index (χ0) is 14.8. The van der Waals surface area contributed by atoms with E-state index in [-0.39, 0.29) is 5.91 Å². The maximum absolute atomic E-state index is 11.9. The maximum Gasteiger partial charge on any atom is 0.226 e. The summed E-state index contributed by atoms with van der Waals surface area (Å²) < 4.78 is 0. The molecule has 0 saturated heterocycles. The van der Waals surface area contributed by atoms with Crippen LogP contribution in [0.4, 0.5) is 17.1 Å². The monoisotopic (exact) mass is 277 g/mol. The molecule has 0 unspecified atom stereocenters. The van der Waals surface area contributed by atoms with Crippen LogP contribution in [0.3, 0.4) is 0 Å². The quantitative estimate of drug-likeness (QED) is 0.869. The van der Waals surface area contributed by atoms with Gasteiger partial charge in [-0.1, -0.05) is 24.3 Å². The first-order valence-electron chi connectivity index (χ1n) is 6.87. The van der Waals surface area contributed by atoms with Crippen LogP contribution in [0.15, 0.2) is 42.5 Å². The van der Waals surface area contributed by atoms with E-state index < -0.39 is 0 Å². The van der Waals surface area contributed by atoms with E-state index in [2.05, 4.69) is 16.3 Å². The number of anilines is 3. The third-order valence-electron chi connectivity index (χ3n) is 3.69. The summed E-state index contributed by atoms with van der Waals surface area (Å²) in [5, 5.41) is 12.1. The van der Waals surface area contributed by atoms with E-state index in [4.69, 9.17) is 0 Å². The maximum atomic E-state index is 11.9. The van der Waals surface area contributed by atoms with Gasteiger partial charge in [0, 0.05) is 18.7 Å². The number of carbonyl (C=O) groups is 1. The Hall–Kier alpha value is -2.80. The molecule has 2 aromatic rings. The lowest BCUT2D eigenvalue weighted by Crippen LogP contribution is -2.19. The molecule has 1 amide bonds. The molecule has 0 spiro atoms. The number of nitrogens with zero attached hydrogens (tertiary/aromatic N) is 2. The molecule has 0 radical (unpaired) electrons. The second-order valence-electron chi connectivity index (χ2n) is 5.05. The number of benzene rings is 2. The summed E-state index contributed by atoms with van der Waals surface area (Å²) in [5.74, 6) is -0.0602. The molecule has 2 aromatic carbocycles. The van der Waals surface area contributed by atoms with Gasteiger partial charge in [0.2, 0.25) is 5.91 Å². The molecule has 21 heavy (non-hydrogen) atoms. The standard InChI is InChI=1S/C17H15N3O/c1-12-5-2-3-7-14(12)20-10-9-16(21)19-17-13(11-18)6-4-8-15(17)20/h2-8H,9-10H2,1H3,(H,19,21). The second-order valence-corrected chi connectivity index (χ2v) is 5.05. The molecule has 3 rings (SSSR count). The predicted octanol–water partition coefficient (Wildman–Crippen LogP) is 3.35. The summed E-state index contributed by atoms with van der Waals surface area (Å²) in [7, 11) is 0. The van der Waals surface area contributed by atoms with Crippen LogP contribution in [0, 0.1) is 18.3 Å². The van der Waals surface area contributed by atoms with E-state index in [0.717, 1.165) is 16.9 Å². The molecular formula is C17H15N3O. The fraction of sp³-hybridized carbons (Fsp3) is 0.176. The molecule has 0 aliphatic carbocycles. The van der Waals surface area contributed by atoms with Crippen molar-refractivity contribution >= 4 is 23.0 Å². The number of para-hydroxylation sites is 2. The molecule has 104 valence electrons. The van der Waals surface area contributed by atoms with Crippen molar-refractivity contribution in [1.29, 1.82) is 5.26 Å². The Kier molecular flexibility index (Phi) is 3.33. The topological polar surface area (TPSA) is 56.1 Å². The third kappa shape index (κ3) is 2.34. The van der Waals surface area contributed by atoms with Crippen molar-refractivity contribution in [2.24, 2.45) is 0 Å². The van der Waals surface area contributed by atoms with Gasteiger partial charge in [-0.15, -0.1) is 0 Å². The van der Waals surface area contributed by atoms with Gasteiger partial charge < -0.3 is 10.2 Å². The molecule has 4 nitrogen and oxygen atoms in total. The molecule has 0 fully saturated rings. The Labute approximate surface area is 123 Å². The summed E-state index contributed by atoms with van der Waals surface area (Å²) in [6.07, 6.45) is 0.397. The molecule has 0 bridgehead atoms. The fourth-order valence-electron chi connectivity index (χ4n) is 2.64. The number of aryl methyl sites for hydroxylation is 1. The van der Waals surface area contributed by atoms with Crippen molar-refractivity contribution in [3.63, 3.8) is 0 Å². The van der Waals surface area contributed by atoms with E-state index in [1.807, 2.05) is 43.3 Å². The van der Waals surface area contributed by atoms with Crippen molar-refractivity contribution in [2.45, 2.75) is 13.3 Å². The summed E-state index contributed by atoms with van der Waals surface area (Å²) >= 11 is 0. The van der Waals surface area contributed by atoms with E-state index in [1.165, 1.54) is 0 Å². The number of fused-ring (bicyclic) bond motifs is 1. The molecule has 0 aromatic heterocycles. The number of hydrogen-bond acceptors (Lipinski definition) is 3. The van der Waals surface area contributed by atoms with E-state index >= 15 is 0 Å². The van der Waals surface area contributed by atoms with Crippen molar-refractivity contribution in [3.05, 3.63) is 53.6 Å². The molecular weight excluding hydrogens is 262 g/mol. The zero-order valence-electron chi connectivity index (χ0n) is 11.8. The molecule has 0 saturated carbocycles. The predicted molar refractivity (Wildman–Crippen MR) is 82.6 cm³/mol. The third-order valence-corrected chi connectivity index (χ3v) is 3.69. The van der Waals surface area contributed by atoms with E-state index in [9.17, 15) is 10.1 Å². The van der Waals surface area contributed by atoms with Crippen LogP contribution >= 0.6 is 0 Å². The first-order chi connectivity index (χ1) is 10.2. The highest BCUT2D eigenvalue weighted by Gasteiger charge is 2.23.